The molecule has 1 aliphatic heterocycles. The Kier molecular flexibility index (Phi) is 6.68. The fraction of sp³-hybridized carbons (Fsp3) is 0.440. The van der Waals surface area contributed by atoms with Crippen LogP contribution in [0.15, 0.2) is 54.9 Å². The van der Waals surface area contributed by atoms with Crippen LogP contribution in [0, 0.1) is 5.92 Å². The van der Waals surface area contributed by atoms with E-state index in [1.54, 1.807) is 6.20 Å². The minimum atomic E-state index is -0.0535. The first kappa shape index (κ1) is 21.5. The molecule has 0 spiro atoms. The summed E-state index contributed by atoms with van der Waals surface area (Å²) in [6.07, 6.45) is 3.91. The van der Waals surface area contributed by atoms with Crippen molar-refractivity contribution in [2.75, 3.05) is 26.2 Å². The number of amides is 1. The molecule has 4 rings (SSSR count). The van der Waals surface area contributed by atoms with E-state index in [1.165, 1.54) is 16.5 Å². The fourth-order valence-corrected chi connectivity index (χ4v) is 4.37. The van der Waals surface area contributed by atoms with Gasteiger partial charge in [0.25, 0.3) is 0 Å². The number of carbonyl (C=O) groups excluding carboxylic acids is 1. The maximum atomic E-state index is 13.1. The average molecular weight is 421 g/mol. The molecule has 6 heteroatoms. The number of rotatable bonds is 7. The molecule has 1 atom stereocenters. The molecule has 1 unspecified atom stereocenters. The third-order valence-corrected chi connectivity index (χ3v) is 5.75. The Labute approximate surface area is 184 Å². The quantitative estimate of drug-likeness (QED) is 0.587. The molecule has 0 aliphatic carbocycles. The van der Waals surface area contributed by atoms with Crippen molar-refractivity contribution in [2.45, 2.75) is 33.1 Å². The van der Waals surface area contributed by atoms with Crippen molar-refractivity contribution in [2.24, 2.45) is 13.0 Å². The Morgan fingerprint density at radius 3 is 2.71 bits per heavy atom. The van der Waals surface area contributed by atoms with E-state index in [9.17, 15) is 4.79 Å². The number of para-hydroxylation sites is 1. The summed E-state index contributed by atoms with van der Waals surface area (Å²) in [5.41, 5.74) is 3.36. The summed E-state index contributed by atoms with van der Waals surface area (Å²) in [5, 5.41) is 1.24. The molecular weight excluding hydrogens is 388 g/mol. The van der Waals surface area contributed by atoms with Gasteiger partial charge in [0.05, 0.1) is 24.9 Å². The summed E-state index contributed by atoms with van der Waals surface area (Å²) in [6.45, 7) is 7.99. The molecule has 1 aliphatic rings. The monoisotopic (exact) mass is 420 g/mol. The molecular formula is C25H32N4O2. The topological polar surface area (TPSA) is 50.6 Å². The van der Waals surface area contributed by atoms with E-state index >= 15 is 0 Å². The highest BCUT2D eigenvalue weighted by Gasteiger charge is 2.29. The van der Waals surface area contributed by atoms with Crippen LogP contribution < -0.4 is 0 Å². The second kappa shape index (κ2) is 9.62. The summed E-state index contributed by atoms with van der Waals surface area (Å²) in [5.74, 6) is 0.600. The molecule has 1 fully saturated rings. The first-order chi connectivity index (χ1) is 15.0. The highest BCUT2D eigenvalue weighted by atomic mass is 16.5. The number of fused-ring (bicyclic) bond motifs is 1. The van der Waals surface area contributed by atoms with Gasteiger partial charge in [0.2, 0.25) is 5.91 Å². The Hall–Kier alpha value is -2.70. The van der Waals surface area contributed by atoms with E-state index in [4.69, 9.17) is 4.74 Å². The fourth-order valence-electron chi connectivity index (χ4n) is 4.37. The number of ether oxygens (including phenoxy) is 1. The molecule has 1 saturated heterocycles. The number of benzene rings is 1. The molecule has 0 bridgehead atoms. The predicted molar refractivity (Wildman–Crippen MR) is 122 cm³/mol. The maximum Gasteiger partial charge on any atom is 0.236 e. The number of nitrogens with zero attached hydrogens (tertiary/aromatic N) is 4. The van der Waals surface area contributed by atoms with E-state index in [1.807, 2.05) is 23.1 Å². The minimum Gasteiger partial charge on any atom is -0.369 e. The number of hydrogen-bond donors (Lipinski definition) is 0. The van der Waals surface area contributed by atoms with Gasteiger partial charge < -0.3 is 14.2 Å². The third kappa shape index (κ3) is 5.32. The lowest BCUT2D eigenvalue weighted by atomic mass is 10.1. The maximum absolute atomic E-state index is 13.1. The Bertz CT molecular complexity index is 1010. The van der Waals surface area contributed by atoms with Crippen molar-refractivity contribution < 1.29 is 9.53 Å². The molecule has 1 aromatic carbocycles. The summed E-state index contributed by atoms with van der Waals surface area (Å²) < 4.78 is 8.42. The Morgan fingerprint density at radius 1 is 1.13 bits per heavy atom. The molecule has 3 aromatic rings. The lowest BCUT2D eigenvalue weighted by Crippen LogP contribution is -2.40. The molecule has 1 amide bonds. The van der Waals surface area contributed by atoms with E-state index in [0.29, 0.717) is 25.6 Å². The van der Waals surface area contributed by atoms with Crippen LogP contribution in [0.25, 0.3) is 10.9 Å². The van der Waals surface area contributed by atoms with Crippen molar-refractivity contribution in [1.29, 1.82) is 0 Å². The summed E-state index contributed by atoms with van der Waals surface area (Å²) in [4.78, 5) is 21.6. The van der Waals surface area contributed by atoms with Crippen LogP contribution in [0.3, 0.4) is 0 Å². The molecule has 0 saturated carbocycles. The van der Waals surface area contributed by atoms with E-state index < -0.39 is 0 Å². The third-order valence-electron chi connectivity index (χ3n) is 5.75. The number of pyridine rings is 1. The SMILES string of the molecule is CC(C)CN1CC(OCc2ccccn2)CN(Cc2cn(C)c3ccccc23)CC1=O. The standard InChI is InChI=1S/C25H32N4O2/c1-19(2)12-29-16-22(31-18-21-8-6-7-11-26-21)15-28(17-25(29)30)14-20-13-27(3)24-10-5-4-9-23(20)24/h4-11,13,19,22H,12,14-18H2,1-3H3. The van der Waals surface area contributed by atoms with Crippen LogP contribution in [0.4, 0.5) is 0 Å². The molecule has 2 aromatic heterocycles. The number of carbonyl (C=O) groups is 1. The average Bonchev–Trinajstić information content (AvgIpc) is 2.98. The molecule has 31 heavy (non-hydrogen) atoms. The van der Waals surface area contributed by atoms with Gasteiger partial charge in [0.15, 0.2) is 0 Å². The van der Waals surface area contributed by atoms with Gasteiger partial charge in [0.1, 0.15) is 0 Å². The number of aryl methyl sites for hydroxylation is 1. The first-order valence-electron chi connectivity index (χ1n) is 11.0. The zero-order chi connectivity index (χ0) is 21.8. The molecule has 164 valence electrons. The minimum absolute atomic E-state index is 0.0535. The first-order valence-corrected chi connectivity index (χ1v) is 11.0. The lowest BCUT2D eigenvalue weighted by Gasteiger charge is -2.26. The predicted octanol–water partition coefficient (Wildman–Crippen LogP) is 3.46. The highest BCUT2D eigenvalue weighted by molar-refractivity contribution is 5.84. The molecule has 0 N–H and O–H groups in total. The van der Waals surface area contributed by atoms with Gasteiger partial charge in [-0.15, -0.1) is 0 Å². The van der Waals surface area contributed by atoms with Crippen LogP contribution in [0.1, 0.15) is 25.1 Å². The second-order valence-electron chi connectivity index (χ2n) is 8.90. The van der Waals surface area contributed by atoms with Crippen LogP contribution >= 0.6 is 0 Å². The zero-order valence-electron chi connectivity index (χ0n) is 18.7. The molecule has 3 heterocycles. The van der Waals surface area contributed by atoms with Crippen LogP contribution in [-0.2, 0) is 29.7 Å². The van der Waals surface area contributed by atoms with E-state index in [2.05, 4.69) is 65.8 Å². The van der Waals surface area contributed by atoms with Crippen molar-refractivity contribution in [1.82, 2.24) is 19.4 Å². The van der Waals surface area contributed by atoms with Crippen molar-refractivity contribution in [3.8, 4) is 0 Å². The van der Waals surface area contributed by atoms with Crippen LogP contribution in [0.5, 0.6) is 0 Å². The van der Waals surface area contributed by atoms with Gasteiger partial charge in [0, 0.05) is 56.5 Å². The normalized spacial score (nSPS) is 18.1. The van der Waals surface area contributed by atoms with Gasteiger partial charge in [-0.25, -0.2) is 0 Å². The van der Waals surface area contributed by atoms with Crippen LogP contribution in [-0.4, -0.2) is 57.5 Å². The number of hydrogen-bond acceptors (Lipinski definition) is 4. The van der Waals surface area contributed by atoms with Gasteiger partial charge in [-0.1, -0.05) is 38.1 Å². The zero-order valence-corrected chi connectivity index (χ0v) is 18.7. The highest BCUT2D eigenvalue weighted by Crippen LogP contribution is 2.23. The smallest absolute Gasteiger partial charge is 0.236 e. The Balaban J connectivity index is 1.52. The van der Waals surface area contributed by atoms with Gasteiger partial charge in [-0.2, -0.15) is 0 Å². The largest absolute Gasteiger partial charge is 0.369 e. The summed E-state index contributed by atoms with van der Waals surface area (Å²) in [6, 6.07) is 14.3. The molecule has 6 nitrogen and oxygen atoms in total. The summed E-state index contributed by atoms with van der Waals surface area (Å²) >= 11 is 0. The van der Waals surface area contributed by atoms with Crippen LogP contribution in [0.2, 0.25) is 0 Å². The lowest BCUT2D eigenvalue weighted by molar-refractivity contribution is -0.132. The van der Waals surface area contributed by atoms with E-state index in [0.717, 1.165) is 25.3 Å². The van der Waals surface area contributed by atoms with Crippen molar-refractivity contribution in [3.05, 3.63) is 66.1 Å². The van der Waals surface area contributed by atoms with Gasteiger partial charge in [-0.05, 0) is 29.7 Å². The van der Waals surface area contributed by atoms with Crippen molar-refractivity contribution in [3.63, 3.8) is 0 Å². The summed E-state index contributed by atoms with van der Waals surface area (Å²) in [7, 11) is 2.07. The molecule has 0 radical (unpaired) electrons. The second-order valence-corrected chi connectivity index (χ2v) is 8.90. The van der Waals surface area contributed by atoms with Crippen molar-refractivity contribution >= 4 is 16.8 Å². The van der Waals surface area contributed by atoms with Gasteiger partial charge in [-0.3, -0.25) is 14.7 Å². The Morgan fingerprint density at radius 2 is 1.94 bits per heavy atom. The van der Waals surface area contributed by atoms with Gasteiger partial charge >= 0.3 is 0 Å². The number of aromatic nitrogens is 2. The van der Waals surface area contributed by atoms with E-state index in [-0.39, 0.29) is 12.0 Å².